The van der Waals surface area contributed by atoms with Crippen LogP contribution in [-0.4, -0.2) is 68.2 Å². The molecule has 0 heterocycles. The van der Waals surface area contributed by atoms with Crippen LogP contribution in [0.25, 0.3) is 0 Å². The SMILES string of the molecule is CCP(CC)(CC)(CC(=O)c1ccccc1)OB(Oc1cc(C(F)(F)F)cc(C(F)(F)F)c1)OP(CC)(CC)(CC)CC(=O)c1ccccc1. The van der Waals surface area contributed by atoms with E-state index < -0.39 is 50.2 Å². The van der Waals surface area contributed by atoms with Crippen molar-refractivity contribution in [2.45, 2.75) is 53.9 Å². The number of benzene rings is 3. The maximum absolute atomic E-state index is 13.9. The van der Waals surface area contributed by atoms with E-state index in [0.717, 1.165) is 0 Å². The van der Waals surface area contributed by atoms with Gasteiger partial charge in [-0.05, 0) is 0 Å². The van der Waals surface area contributed by atoms with E-state index in [4.69, 9.17) is 13.5 Å². The normalized spacial score (nSPS) is 14.2. The Labute approximate surface area is 291 Å². The number of halogens is 6. The molecule has 0 atom stereocenters. The quantitative estimate of drug-likeness (QED) is 0.0561. The fraction of sp³-hybridized carbons (Fsp3) is 0.444. The minimum atomic E-state index is -5.12. The summed E-state index contributed by atoms with van der Waals surface area (Å²) in [4.78, 5) is 27.6. The van der Waals surface area contributed by atoms with Crippen molar-refractivity contribution < 1.29 is 49.5 Å². The summed E-state index contributed by atoms with van der Waals surface area (Å²) in [6.45, 7) is 3.66. The second-order valence-electron chi connectivity index (χ2n) is 12.9. The molecule has 14 heteroatoms. The van der Waals surface area contributed by atoms with Crippen LogP contribution < -0.4 is 4.65 Å². The van der Waals surface area contributed by atoms with E-state index in [-0.39, 0.29) is 30.0 Å². The molecule has 3 rings (SSSR count). The van der Waals surface area contributed by atoms with Gasteiger partial charge in [-0.3, -0.25) is 0 Å². The molecule has 0 aliphatic heterocycles. The third kappa shape index (κ3) is 9.36. The second-order valence-corrected chi connectivity index (χ2v) is 25.1. The first kappa shape index (κ1) is 41.6. The molecule has 5 nitrogen and oxygen atoms in total. The van der Waals surface area contributed by atoms with Crippen molar-refractivity contribution in [3.8, 4) is 5.75 Å². The van der Waals surface area contributed by atoms with E-state index in [1.807, 2.05) is 41.5 Å². The molecule has 0 fully saturated rings. The van der Waals surface area contributed by atoms with Gasteiger partial charge in [0, 0.05) is 0 Å². The zero-order valence-electron chi connectivity index (χ0n) is 29.4. The summed E-state index contributed by atoms with van der Waals surface area (Å²) >= 11 is 0. The summed E-state index contributed by atoms with van der Waals surface area (Å²) < 4.78 is 103. The fourth-order valence-electron chi connectivity index (χ4n) is 6.35. The van der Waals surface area contributed by atoms with Crippen molar-refractivity contribution in [2.75, 3.05) is 49.3 Å². The predicted molar refractivity (Wildman–Crippen MR) is 193 cm³/mol. The average molecular weight is 747 g/mol. The van der Waals surface area contributed by atoms with Gasteiger partial charge in [0.2, 0.25) is 0 Å². The van der Waals surface area contributed by atoms with Gasteiger partial charge in [0.25, 0.3) is 0 Å². The fourth-order valence-corrected chi connectivity index (χ4v) is 14.4. The number of carbonyl (C=O) groups excluding carboxylic acids is 2. The molecule has 0 aromatic heterocycles. The molecule has 0 aliphatic carbocycles. The molecular weight excluding hydrogens is 699 g/mol. The van der Waals surface area contributed by atoms with Gasteiger partial charge in [0.1, 0.15) is 0 Å². The molecule has 0 N–H and O–H groups in total. The third-order valence-corrected chi connectivity index (χ3v) is 24.0. The van der Waals surface area contributed by atoms with Crippen molar-refractivity contribution in [1.82, 2.24) is 0 Å². The van der Waals surface area contributed by atoms with Crippen molar-refractivity contribution in [3.05, 3.63) is 101 Å². The van der Waals surface area contributed by atoms with Gasteiger partial charge < -0.3 is 0 Å². The molecule has 0 bridgehead atoms. The monoisotopic (exact) mass is 746 g/mol. The molecule has 0 amide bonds. The molecule has 0 unspecified atom stereocenters. The summed E-state index contributed by atoms with van der Waals surface area (Å²) in [5.41, 5.74) is -2.24. The van der Waals surface area contributed by atoms with Crippen LogP contribution in [0.5, 0.6) is 5.75 Å². The van der Waals surface area contributed by atoms with E-state index in [0.29, 0.717) is 60.2 Å². The van der Waals surface area contributed by atoms with Gasteiger partial charge in [0.05, 0.1) is 0 Å². The van der Waals surface area contributed by atoms with Crippen LogP contribution in [-0.2, 0) is 21.2 Å². The Morgan fingerprint density at radius 1 is 0.560 bits per heavy atom. The number of alkyl halides is 6. The van der Waals surface area contributed by atoms with Crippen LogP contribution in [0, 0.1) is 0 Å². The van der Waals surface area contributed by atoms with Crippen molar-refractivity contribution >= 4 is 32.5 Å². The van der Waals surface area contributed by atoms with E-state index in [1.165, 1.54) is 0 Å². The summed E-state index contributed by atoms with van der Waals surface area (Å²) in [7, 11) is -1.83. The standard InChI is InChI=1S/C36H47BF6O5P2/c1-7-49(8-2,9-3,26-33(44)28-19-15-13-16-20-28)47-37(46-32-24-30(35(38,39)40)23-31(25-32)36(41,42)43)48-50(10-4,11-5,12-6)27-34(45)29-21-17-14-18-22-29/h13-25H,7-12,26-27H2,1-6H3. The van der Waals surface area contributed by atoms with Crippen LogP contribution in [0.3, 0.4) is 0 Å². The number of carbonyl (C=O) groups is 2. The summed E-state index contributed by atoms with van der Waals surface area (Å²) in [6.07, 6.45) is -8.26. The molecule has 50 heavy (non-hydrogen) atoms. The number of hydrogen-bond donors (Lipinski definition) is 0. The first-order valence-electron chi connectivity index (χ1n) is 16.9. The zero-order valence-corrected chi connectivity index (χ0v) is 31.2. The molecule has 0 saturated heterocycles. The Balaban J connectivity index is 2.26. The van der Waals surface area contributed by atoms with Crippen LogP contribution in [0.1, 0.15) is 73.4 Å². The van der Waals surface area contributed by atoms with Gasteiger partial charge >= 0.3 is 292 Å². The number of Topliss-reactive ketones (excluding diaryl/α,β-unsaturated/α-hetero) is 2. The Morgan fingerprint density at radius 3 is 1.16 bits per heavy atom. The van der Waals surface area contributed by atoms with E-state index in [9.17, 15) is 35.9 Å². The summed E-state index contributed by atoms with van der Waals surface area (Å²) in [5.74, 6) is -1.20. The summed E-state index contributed by atoms with van der Waals surface area (Å²) in [6, 6.07) is 18.1. The van der Waals surface area contributed by atoms with Crippen molar-refractivity contribution in [2.24, 2.45) is 0 Å². The Bertz CT molecular complexity index is 1470. The van der Waals surface area contributed by atoms with Crippen molar-refractivity contribution in [3.63, 3.8) is 0 Å². The molecule has 0 aliphatic rings. The minimum absolute atomic E-state index is 0.0227. The molecule has 3 aromatic rings. The predicted octanol–water partition coefficient (Wildman–Crippen LogP) is 10.9. The van der Waals surface area contributed by atoms with E-state index in [2.05, 4.69) is 0 Å². The molecule has 0 saturated carbocycles. The number of hydrogen-bond acceptors (Lipinski definition) is 5. The van der Waals surface area contributed by atoms with Gasteiger partial charge in [-0.25, -0.2) is 0 Å². The first-order valence-corrected chi connectivity index (χ1v) is 22.6. The van der Waals surface area contributed by atoms with Gasteiger partial charge in [-0.15, -0.1) is 0 Å². The van der Waals surface area contributed by atoms with E-state index in [1.54, 1.807) is 60.7 Å². The molecular formula is C36H47BF6O5P2. The van der Waals surface area contributed by atoms with Crippen LogP contribution in [0.4, 0.5) is 26.3 Å². The Hall–Kier alpha value is -2.78. The Kier molecular flexibility index (Phi) is 13.2. The van der Waals surface area contributed by atoms with Crippen LogP contribution in [0.2, 0.25) is 0 Å². The van der Waals surface area contributed by atoms with Gasteiger partial charge in [0.15, 0.2) is 0 Å². The molecule has 0 radical (unpaired) electrons. The van der Waals surface area contributed by atoms with Crippen LogP contribution >= 0.6 is 13.7 Å². The summed E-state index contributed by atoms with van der Waals surface area (Å²) in [5, 5.41) is 0. The Morgan fingerprint density at radius 2 is 0.880 bits per heavy atom. The number of rotatable bonds is 18. The first-order chi connectivity index (χ1) is 23.3. The van der Waals surface area contributed by atoms with Crippen LogP contribution in [0.15, 0.2) is 78.9 Å². The van der Waals surface area contributed by atoms with Gasteiger partial charge in [-0.2, -0.15) is 0 Å². The average Bonchev–Trinajstić information content (AvgIpc) is 3.11. The van der Waals surface area contributed by atoms with Crippen molar-refractivity contribution in [1.29, 1.82) is 0 Å². The molecule has 276 valence electrons. The topological polar surface area (TPSA) is 61.8 Å². The number of ketones is 2. The molecule has 0 spiro atoms. The van der Waals surface area contributed by atoms with E-state index >= 15 is 0 Å². The second kappa shape index (κ2) is 15.9. The zero-order chi connectivity index (χ0) is 37.5. The third-order valence-electron chi connectivity index (χ3n) is 10.6. The maximum atomic E-state index is 13.9. The molecule has 3 aromatic carbocycles. The van der Waals surface area contributed by atoms with Gasteiger partial charge in [-0.1, -0.05) is 0 Å².